The summed E-state index contributed by atoms with van der Waals surface area (Å²) in [5, 5.41) is 2.87. The van der Waals surface area contributed by atoms with Crippen molar-refractivity contribution < 1.29 is 19.1 Å². The number of nitrogens with zero attached hydrogens (tertiary/aromatic N) is 1. The maximum atomic E-state index is 13.2. The Labute approximate surface area is 180 Å². The zero-order valence-electron chi connectivity index (χ0n) is 17.1. The highest BCUT2D eigenvalue weighted by Gasteiger charge is 2.47. The number of carbonyl (C=O) groups is 2. The molecule has 156 valence electrons. The summed E-state index contributed by atoms with van der Waals surface area (Å²) in [6.07, 6.45) is 0.373. The lowest BCUT2D eigenvalue weighted by molar-refractivity contribution is -0.131. The van der Waals surface area contributed by atoms with Crippen molar-refractivity contribution in [3.63, 3.8) is 0 Å². The molecule has 6 nitrogen and oxygen atoms in total. The number of imide groups is 1. The molecular formula is C25H22N2O4. The second kappa shape index (κ2) is 7.47. The molecule has 1 saturated heterocycles. The highest BCUT2D eigenvalue weighted by atomic mass is 16.7. The molecule has 2 aliphatic rings. The van der Waals surface area contributed by atoms with Gasteiger partial charge >= 0.3 is 6.03 Å². The van der Waals surface area contributed by atoms with Crippen LogP contribution in [0.4, 0.5) is 4.79 Å². The molecule has 0 aromatic heterocycles. The van der Waals surface area contributed by atoms with E-state index in [1.807, 2.05) is 72.8 Å². The lowest BCUT2D eigenvalue weighted by Crippen LogP contribution is -2.45. The molecular weight excluding hydrogens is 392 g/mol. The standard InChI is InChI=1S/C25H22N2O4/c1-25(14-18-9-12-21-22(13-18)31-16-30-21)23(28)27(24(29)26-25)15-17-7-10-20(11-8-17)19-5-3-2-4-6-19/h2-13H,14-16H2,1H3,(H,26,29)/t25-/m1/s1. The van der Waals surface area contributed by atoms with Gasteiger partial charge < -0.3 is 14.8 Å². The molecule has 0 bridgehead atoms. The molecule has 0 saturated carbocycles. The van der Waals surface area contributed by atoms with Crippen LogP contribution in [0.15, 0.2) is 72.8 Å². The minimum atomic E-state index is -1.01. The van der Waals surface area contributed by atoms with Crippen LogP contribution in [0, 0.1) is 0 Å². The minimum Gasteiger partial charge on any atom is -0.454 e. The third-order valence-electron chi connectivity index (χ3n) is 5.74. The average molecular weight is 414 g/mol. The first-order chi connectivity index (χ1) is 15.0. The van der Waals surface area contributed by atoms with Crippen LogP contribution in [0.2, 0.25) is 0 Å². The SMILES string of the molecule is C[C@]1(Cc2ccc3c(c2)OCO3)NC(=O)N(Cc2ccc(-c3ccccc3)cc2)C1=O. The van der Waals surface area contributed by atoms with Gasteiger partial charge in [0, 0.05) is 6.42 Å². The smallest absolute Gasteiger partial charge is 0.325 e. The van der Waals surface area contributed by atoms with E-state index in [-0.39, 0.29) is 25.3 Å². The molecule has 0 spiro atoms. The second-order valence-corrected chi connectivity index (χ2v) is 8.08. The Morgan fingerprint density at radius 3 is 2.32 bits per heavy atom. The van der Waals surface area contributed by atoms with Crippen LogP contribution in [0.25, 0.3) is 11.1 Å². The van der Waals surface area contributed by atoms with Gasteiger partial charge in [-0.2, -0.15) is 0 Å². The number of nitrogens with one attached hydrogen (secondary N) is 1. The van der Waals surface area contributed by atoms with Crippen molar-refractivity contribution in [3.05, 3.63) is 83.9 Å². The van der Waals surface area contributed by atoms with Gasteiger partial charge in [0.1, 0.15) is 5.54 Å². The van der Waals surface area contributed by atoms with Crippen LogP contribution >= 0.6 is 0 Å². The topological polar surface area (TPSA) is 67.9 Å². The predicted octanol–water partition coefficient (Wildman–Crippen LogP) is 4.14. The van der Waals surface area contributed by atoms with Crippen molar-refractivity contribution in [1.29, 1.82) is 0 Å². The molecule has 0 radical (unpaired) electrons. The van der Waals surface area contributed by atoms with Crippen molar-refractivity contribution in [2.45, 2.75) is 25.4 Å². The fourth-order valence-electron chi connectivity index (χ4n) is 4.09. The quantitative estimate of drug-likeness (QED) is 0.638. The Balaban J connectivity index is 1.30. The third-order valence-corrected chi connectivity index (χ3v) is 5.74. The van der Waals surface area contributed by atoms with E-state index in [2.05, 4.69) is 5.32 Å². The first kappa shape index (κ1) is 19.2. The molecule has 3 amide bonds. The molecule has 1 fully saturated rings. The Bertz CT molecular complexity index is 1140. The van der Waals surface area contributed by atoms with E-state index in [0.717, 1.165) is 22.3 Å². The number of hydrogen-bond acceptors (Lipinski definition) is 4. The van der Waals surface area contributed by atoms with Gasteiger partial charge in [-0.15, -0.1) is 0 Å². The summed E-state index contributed by atoms with van der Waals surface area (Å²) < 4.78 is 10.8. The molecule has 1 atom stereocenters. The number of amides is 3. The van der Waals surface area contributed by atoms with Crippen molar-refractivity contribution in [1.82, 2.24) is 10.2 Å². The molecule has 0 unspecified atom stereocenters. The molecule has 2 heterocycles. The van der Waals surface area contributed by atoms with E-state index in [9.17, 15) is 9.59 Å². The molecule has 2 aliphatic heterocycles. The van der Waals surface area contributed by atoms with Gasteiger partial charge in [0.25, 0.3) is 5.91 Å². The molecule has 3 aromatic carbocycles. The van der Waals surface area contributed by atoms with Crippen LogP contribution < -0.4 is 14.8 Å². The predicted molar refractivity (Wildman–Crippen MR) is 116 cm³/mol. The highest BCUT2D eigenvalue weighted by molar-refractivity contribution is 6.06. The highest BCUT2D eigenvalue weighted by Crippen LogP contribution is 2.34. The molecule has 31 heavy (non-hydrogen) atoms. The van der Waals surface area contributed by atoms with E-state index in [0.29, 0.717) is 17.9 Å². The van der Waals surface area contributed by atoms with Gasteiger partial charge in [-0.1, -0.05) is 60.7 Å². The number of rotatable bonds is 5. The number of urea groups is 1. The maximum absolute atomic E-state index is 13.2. The van der Waals surface area contributed by atoms with E-state index in [4.69, 9.17) is 9.47 Å². The number of carbonyl (C=O) groups excluding carboxylic acids is 2. The summed E-state index contributed by atoms with van der Waals surface area (Å²) in [6.45, 7) is 2.19. The Morgan fingerprint density at radius 2 is 1.55 bits per heavy atom. The molecule has 3 aromatic rings. The van der Waals surface area contributed by atoms with E-state index < -0.39 is 5.54 Å². The monoisotopic (exact) mass is 414 g/mol. The Morgan fingerprint density at radius 1 is 0.871 bits per heavy atom. The Kier molecular flexibility index (Phi) is 4.62. The average Bonchev–Trinajstić information content (AvgIpc) is 3.33. The van der Waals surface area contributed by atoms with Gasteiger partial charge in [-0.3, -0.25) is 9.69 Å². The van der Waals surface area contributed by atoms with Crippen LogP contribution in [0.5, 0.6) is 11.5 Å². The molecule has 6 heteroatoms. The number of fused-ring (bicyclic) bond motifs is 1. The maximum Gasteiger partial charge on any atom is 0.325 e. The summed E-state index contributed by atoms with van der Waals surface area (Å²) in [4.78, 5) is 27.1. The molecule has 0 aliphatic carbocycles. The summed E-state index contributed by atoms with van der Waals surface area (Å²) in [5.74, 6) is 1.12. The summed E-state index contributed by atoms with van der Waals surface area (Å²) in [5.41, 5.74) is 3.01. The minimum absolute atomic E-state index is 0.197. The summed E-state index contributed by atoms with van der Waals surface area (Å²) in [7, 11) is 0. The third kappa shape index (κ3) is 3.61. The van der Waals surface area contributed by atoms with Gasteiger partial charge in [0.2, 0.25) is 6.79 Å². The first-order valence-electron chi connectivity index (χ1n) is 10.2. The summed E-state index contributed by atoms with van der Waals surface area (Å²) >= 11 is 0. The normalized spacial score (nSPS) is 19.6. The van der Waals surface area contributed by atoms with Crippen molar-refractivity contribution in [2.75, 3.05) is 6.79 Å². The fraction of sp³-hybridized carbons (Fsp3) is 0.200. The van der Waals surface area contributed by atoms with Gasteiger partial charge in [-0.05, 0) is 41.3 Å². The lowest BCUT2D eigenvalue weighted by atomic mass is 9.92. The van der Waals surface area contributed by atoms with E-state index >= 15 is 0 Å². The van der Waals surface area contributed by atoms with Crippen molar-refractivity contribution in [2.24, 2.45) is 0 Å². The van der Waals surface area contributed by atoms with Crippen LogP contribution in [0.1, 0.15) is 18.1 Å². The van der Waals surface area contributed by atoms with Crippen LogP contribution in [0.3, 0.4) is 0 Å². The van der Waals surface area contributed by atoms with Crippen LogP contribution in [-0.2, 0) is 17.8 Å². The largest absolute Gasteiger partial charge is 0.454 e. The van der Waals surface area contributed by atoms with Gasteiger partial charge in [0.15, 0.2) is 11.5 Å². The van der Waals surface area contributed by atoms with Crippen molar-refractivity contribution in [3.8, 4) is 22.6 Å². The van der Waals surface area contributed by atoms with E-state index in [1.54, 1.807) is 6.92 Å². The fourth-order valence-corrected chi connectivity index (χ4v) is 4.09. The molecule has 1 N–H and O–H groups in total. The summed E-state index contributed by atoms with van der Waals surface area (Å²) in [6, 6.07) is 23.2. The van der Waals surface area contributed by atoms with Crippen molar-refractivity contribution >= 4 is 11.9 Å². The molecule has 5 rings (SSSR count). The Hall–Kier alpha value is -3.80. The lowest BCUT2D eigenvalue weighted by Gasteiger charge is -2.22. The number of ether oxygens (including phenoxy) is 2. The van der Waals surface area contributed by atoms with Gasteiger partial charge in [0.05, 0.1) is 6.54 Å². The number of hydrogen-bond donors (Lipinski definition) is 1. The second-order valence-electron chi connectivity index (χ2n) is 8.08. The zero-order valence-corrected chi connectivity index (χ0v) is 17.1. The first-order valence-corrected chi connectivity index (χ1v) is 10.2. The zero-order chi connectivity index (χ0) is 21.4. The number of benzene rings is 3. The van der Waals surface area contributed by atoms with Gasteiger partial charge in [-0.25, -0.2) is 4.79 Å². The van der Waals surface area contributed by atoms with Crippen LogP contribution in [-0.4, -0.2) is 29.2 Å². The van der Waals surface area contributed by atoms with E-state index in [1.165, 1.54) is 4.90 Å².